The molecule has 0 saturated carbocycles. The number of hydrogen-bond acceptors (Lipinski definition) is 5. The second-order valence-electron chi connectivity index (χ2n) is 8.51. The van der Waals surface area contributed by atoms with Gasteiger partial charge in [-0.25, -0.2) is 9.07 Å². The molecule has 2 heterocycles. The Morgan fingerprint density at radius 1 is 1.06 bits per heavy atom. The topological polar surface area (TPSA) is 81.1 Å². The Bertz CT molecular complexity index is 1290. The van der Waals surface area contributed by atoms with E-state index in [1.165, 1.54) is 12.1 Å². The fourth-order valence-electron chi connectivity index (χ4n) is 4.34. The Morgan fingerprint density at radius 3 is 2.49 bits per heavy atom. The van der Waals surface area contributed by atoms with Crippen molar-refractivity contribution in [1.82, 2.24) is 14.8 Å². The van der Waals surface area contributed by atoms with E-state index in [0.29, 0.717) is 25.2 Å². The minimum Gasteiger partial charge on any atom is -0.497 e. The van der Waals surface area contributed by atoms with Gasteiger partial charge in [-0.05, 0) is 53.8 Å². The highest BCUT2D eigenvalue weighted by Gasteiger charge is 2.31. The van der Waals surface area contributed by atoms with E-state index < -0.39 is 0 Å². The molecule has 7 nitrogen and oxygen atoms in total. The Morgan fingerprint density at radius 2 is 1.77 bits per heavy atom. The SMILES string of the molecule is COc1ccc([C@H]2C[C@@H](c3ccc(F)cc3)n3nc(NC(=O)CCc4ccccc4)nc3N2)cc1. The number of halogens is 1. The van der Waals surface area contributed by atoms with E-state index in [4.69, 9.17) is 4.74 Å². The summed E-state index contributed by atoms with van der Waals surface area (Å²) in [6.45, 7) is 0. The van der Waals surface area contributed by atoms with Gasteiger partial charge in [-0.2, -0.15) is 4.98 Å². The monoisotopic (exact) mass is 471 g/mol. The minimum absolute atomic E-state index is 0.0470. The summed E-state index contributed by atoms with van der Waals surface area (Å²) in [4.78, 5) is 17.1. The predicted molar refractivity (Wildman–Crippen MR) is 132 cm³/mol. The van der Waals surface area contributed by atoms with Crippen molar-refractivity contribution in [2.24, 2.45) is 0 Å². The number of rotatable bonds is 7. The molecule has 1 aliphatic heterocycles. The lowest BCUT2D eigenvalue weighted by Crippen LogP contribution is -2.28. The van der Waals surface area contributed by atoms with Crippen molar-refractivity contribution in [3.63, 3.8) is 0 Å². The number of hydrogen-bond donors (Lipinski definition) is 2. The highest BCUT2D eigenvalue weighted by Crippen LogP contribution is 2.38. The van der Waals surface area contributed by atoms with Gasteiger partial charge in [0.15, 0.2) is 0 Å². The van der Waals surface area contributed by atoms with Crippen LogP contribution in [0.15, 0.2) is 78.9 Å². The number of anilines is 2. The molecule has 35 heavy (non-hydrogen) atoms. The van der Waals surface area contributed by atoms with Gasteiger partial charge in [0.1, 0.15) is 11.6 Å². The van der Waals surface area contributed by atoms with Crippen LogP contribution in [0.25, 0.3) is 0 Å². The van der Waals surface area contributed by atoms with Crippen LogP contribution in [0.2, 0.25) is 0 Å². The molecule has 3 aromatic carbocycles. The third kappa shape index (κ3) is 5.16. The number of fused-ring (bicyclic) bond motifs is 1. The van der Waals surface area contributed by atoms with Crippen molar-refractivity contribution in [2.75, 3.05) is 17.7 Å². The number of nitrogens with zero attached hydrogens (tertiary/aromatic N) is 3. The first-order chi connectivity index (χ1) is 17.1. The van der Waals surface area contributed by atoms with E-state index >= 15 is 0 Å². The van der Waals surface area contributed by atoms with Crippen LogP contribution >= 0.6 is 0 Å². The molecular formula is C27H26FN5O2. The van der Waals surface area contributed by atoms with E-state index in [1.54, 1.807) is 23.9 Å². The molecule has 1 aliphatic rings. The van der Waals surface area contributed by atoms with E-state index in [9.17, 15) is 9.18 Å². The third-order valence-electron chi connectivity index (χ3n) is 6.20. The number of nitrogens with one attached hydrogen (secondary N) is 2. The van der Waals surface area contributed by atoms with E-state index in [2.05, 4.69) is 20.7 Å². The second-order valence-corrected chi connectivity index (χ2v) is 8.51. The van der Waals surface area contributed by atoms with E-state index in [-0.39, 0.29) is 29.8 Å². The van der Waals surface area contributed by atoms with Gasteiger partial charge < -0.3 is 10.1 Å². The fourth-order valence-corrected chi connectivity index (χ4v) is 4.34. The van der Waals surface area contributed by atoms with Gasteiger partial charge in [-0.3, -0.25) is 10.1 Å². The van der Waals surface area contributed by atoms with E-state index in [0.717, 1.165) is 22.4 Å². The van der Waals surface area contributed by atoms with Crippen molar-refractivity contribution in [3.05, 3.63) is 101 Å². The summed E-state index contributed by atoms with van der Waals surface area (Å²) in [7, 11) is 1.64. The summed E-state index contributed by atoms with van der Waals surface area (Å²) in [6.07, 6.45) is 1.64. The number of benzene rings is 3. The number of amides is 1. The number of methoxy groups -OCH3 is 1. The van der Waals surface area contributed by atoms with Gasteiger partial charge in [0.05, 0.1) is 19.2 Å². The average molecular weight is 472 g/mol. The summed E-state index contributed by atoms with van der Waals surface area (Å²) >= 11 is 0. The number of ether oxygens (including phenoxy) is 1. The van der Waals surface area contributed by atoms with Crippen molar-refractivity contribution in [2.45, 2.75) is 31.3 Å². The predicted octanol–water partition coefficient (Wildman–Crippen LogP) is 5.14. The molecule has 0 aliphatic carbocycles. The van der Waals surface area contributed by atoms with Gasteiger partial charge in [-0.15, -0.1) is 5.10 Å². The zero-order valence-corrected chi connectivity index (χ0v) is 19.3. The number of aromatic nitrogens is 3. The van der Waals surface area contributed by atoms with Crippen molar-refractivity contribution >= 4 is 17.8 Å². The summed E-state index contributed by atoms with van der Waals surface area (Å²) in [6, 6.07) is 23.9. The lowest BCUT2D eigenvalue weighted by atomic mass is 9.93. The molecule has 2 N–H and O–H groups in total. The van der Waals surface area contributed by atoms with Gasteiger partial charge in [0.25, 0.3) is 5.95 Å². The quantitative estimate of drug-likeness (QED) is 0.390. The molecule has 2 atom stereocenters. The molecule has 0 spiro atoms. The molecule has 0 unspecified atom stereocenters. The molecular weight excluding hydrogens is 445 g/mol. The normalized spacial score (nSPS) is 16.7. The number of carbonyl (C=O) groups excluding carboxylic acids is 1. The number of carbonyl (C=O) groups is 1. The molecule has 4 aromatic rings. The van der Waals surface area contributed by atoms with Crippen LogP contribution in [0.5, 0.6) is 5.75 Å². The summed E-state index contributed by atoms with van der Waals surface area (Å²) in [5.74, 6) is 1.13. The molecule has 0 radical (unpaired) electrons. The van der Waals surface area contributed by atoms with Gasteiger partial charge in [-0.1, -0.05) is 54.6 Å². The molecule has 5 rings (SSSR count). The molecule has 178 valence electrons. The van der Waals surface area contributed by atoms with Crippen LogP contribution in [0.1, 0.15) is 41.6 Å². The first kappa shape index (κ1) is 22.6. The van der Waals surface area contributed by atoms with Gasteiger partial charge in [0.2, 0.25) is 11.9 Å². The maximum absolute atomic E-state index is 13.6. The first-order valence-electron chi connectivity index (χ1n) is 11.6. The molecule has 1 aromatic heterocycles. The highest BCUT2D eigenvalue weighted by atomic mass is 19.1. The van der Waals surface area contributed by atoms with Crippen LogP contribution in [0, 0.1) is 5.82 Å². The molecule has 0 fully saturated rings. The average Bonchev–Trinajstić information content (AvgIpc) is 3.30. The van der Waals surface area contributed by atoms with Crippen LogP contribution in [-0.4, -0.2) is 27.8 Å². The van der Waals surface area contributed by atoms with Crippen molar-refractivity contribution in [3.8, 4) is 5.75 Å². The lowest BCUT2D eigenvalue weighted by Gasteiger charge is -2.31. The Hall–Kier alpha value is -4.20. The zero-order chi connectivity index (χ0) is 24.2. The summed E-state index contributed by atoms with van der Waals surface area (Å²) in [5, 5.41) is 10.8. The molecule has 0 saturated heterocycles. The second kappa shape index (κ2) is 9.97. The molecule has 0 bridgehead atoms. The van der Waals surface area contributed by atoms with Crippen LogP contribution in [0.3, 0.4) is 0 Å². The Balaban J connectivity index is 1.38. The van der Waals surface area contributed by atoms with Gasteiger partial charge in [0, 0.05) is 6.42 Å². The van der Waals surface area contributed by atoms with E-state index in [1.807, 2.05) is 54.6 Å². The molecule has 1 amide bonds. The third-order valence-corrected chi connectivity index (χ3v) is 6.20. The van der Waals surface area contributed by atoms with Crippen molar-refractivity contribution < 1.29 is 13.9 Å². The number of aryl methyl sites for hydroxylation is 1. The highest BCUT2D eigenvalue weighted by molar-refractivity contribution is 5.89. The van der Waals surface area contributed by atoms with Crippen LogP contribution in [-0.2, 0) is 11.2 Å². The summed E-state index contributed by atoms with van der Waals surface area (Å²) < 4.78 is 20.6. The lowest BCUT2D eigenvalue weighted by molar-refractivity contribution is -0.116. The Labute approximate surface area is 203 Å². The largest absolute Gasteiger partial charge is 0.497 e. The first-order valence-corrected chi connectivity index (χ1v) is 11.6. The Kier molecular flexibility index (Phi) is 6.43. The zero-order valence-electron chi connectivity index (χ0n) is 19.3. The maximum Gasteiger partial charge on any atom is 0.250 e. The van der Waals surface area contributed by atoms with Crippen molar-refractivity contribution in [1.29, 1.82) is 0 Å². The van der Waals surface area contributed by atoms with Crippen LogP contribution in [0.4, 0.5) is 16.3 Å². The molecule has 8 heteroatoms. The standard InChI is InChI=1S/C27H26FN5O2/c1-35-22-14-10-19(11-15-22)23-17-24(20-8-12-21(28)13-9-20)33-27(29-23)31-26(32-33)30-25(34)16-7-18-5-3-2-4-6-18/h2-6,8-15,23-24H,7,16-17H2,1H3,(H2,29,30,31,32,34)/t23-,24+/m1/s1. The smallest absolute Gasteiger partial charge is 0.250 e. The fraction of sp³-hybridized carbons (Fsp3) is 0.222. The maximum atomic E-state index is 13.6. The van der Waals surface area contributed by atoms with Gasteiger partial charge >= 0.3 is 0 Å². The summed E-state index contributed by atoms with van der Waals surface area (Å²) in [5.41, 5.74) is 3.08. The minimum atomic E-state index is -0.292. The van der Waals surface area contributed by atoms with Crippen LogP contribution < -0.4 is 15.4 Å².